The van der Waals surface area contributed by atoms with Crippen LogP contribution < -0.4 is 19.2 Å². The van der Waals surface area contributed by atoms with E-state index >= 15 is 0 Å². The van der Waals surface area contributed by atoms with Crippen LogP contribution in [0.5, 0.6) is 11.5 Å². The molecule has 0 saturated carbocycles. The van der Waals surface area contributed by atoms with Gasteiger partial charge in [-0.05, 0) is 43.3 Å². The maximum absolute atomic E-state index is 13.4. The molecule has 0 radical (unpaired) electrons. The Kier molecular flexibility index (Phi) is 7.67. The van der Waals surface area contributed by atoms with Crippen molar-refractivity contribution in [1.82, 2.24) is 5.43 Å². The highest BCUT2D eigenvalue weighted by atomic mass is 32.2. The van der Waals surface area contributed by atoms with Gasteiger partial charge in [-0.15, -0.1) is 0 Å². The third kappa shape index (κ3) is 5.97. The first-order valence-electron chi connectivity index (χ1n) is 9.64. The molecule has 0 unspecified atom stereocenters. The van der Waals surface area contributed by atoms with Crippen molar-refractivity contribution in [3.05, 3.63) is 48.5 Å². The third-order valence-corrected chi connectivity index (χ3v) is 6.50. The molecule has 0 aromatic heterocycles. The average molecular weight is 448 g/mol. The molecule has 0 bridgehead atoms. The summed E-state index contributed by atoms with van der Waals surface area (Å²) in [5.74, 6) is 0.265. The van der Waals surface area contributed by atoms with Crippen LogP contribution in [0.1, 0.15) is 27.7 Å². The van der Waals surface area contributed by atoms with Crippen LogP contribution in [-0.4, -0.2) is 40.8 Å². The van der Waals surface area contributed by atoms with Crippen molar-refractivity contribution in [2.45, 2.75) is 32.6 Å². The van der Waals surface area contributed by atoms with Gasteiger partial charge in [0, 0.05) is 11.1 Å². The lowest BCUT2D eigenvalue weighted by atomic mass is 9.91. The van der Waals surface area contributed by atoms with Crippen LogP contribution in [-0.2, 0) is 14.8 Å². The molecule has 8 nitrogen and oxygen atoms in total. The number of nitrogens with one attached hydrogen (secondary N) is 1. The molecule has 31 heavy (non-hydrogen) atoms. The Bertz CT molecular complexity index is 1040. The number of ether oxygens (including phenoxy) is 2. The summed E-state index contributed by atoms with van der Waals surface area (Å²) in [6, 6.07) is 12.6. The van der Waals surface area contributed by atoms with Gasteiger partial charge >= 0.3 is 0 Å². The molecular formula is C22H29N3O5S. The average Bonchev–Trinajstić information content (AvgIpc) is 2.75. The SMILES string of the molecule is COc1ccc(S(=O)(=O)N(CC(=O)N/N=C(/C)C(C)(C)C)c2ccccc2OC)cc1. The van der Waals surface area contributed by atoms with Gasteiger partial charge in [0.25, 0.3) is 15.9 Å². The molecular weight excluding hydrogens is 418 g/mol. The third-order valence-electron chi connectivity index (χ3n) is 4.72. The standard InChI is InChI=1S/C22H29N3O5S/c1-16(22(2,3)4)23-24-21(26)15-25(19-9-7-8-10-20(19)30-6)31(27,28)18-13-11-17(29-5)12-14-18/h7-14H,15H2,1-6H3,(H,24,26)/b23-16-. The smallest absolute Gasteiger partial charge is 0.264 e. The first-order chi connectivity index (χ1) is 14.5. The molecule has 2 rings (SSSR count). The minimum absolute atomic E-state index is 0.0152. The van der Waals surface area contributed by atoms with E-state index in [0.29, 0.717) is 17.2 Å². The summed E-state index contributed by atoms with van der Waals surface area (Å²) in [6.07, 6.45) is 0. The zero-order valence-corrected chi connectivity index (χ0v) is 19.5. The van der Waals surface area contributed by atoms with E-state index in [1.165, 1.54) is 26.4 Å². The Labute approximate surface area is 183 Å². The normalized spacial score (nSPS) is 12.3. The lowest BCUT2D eigenvalue weighted by molar-refractivity contribution is -0.119. The molecule has 2 aromatic rings. The summed E-state index contributed by atoms with van der Waals surface area (Å²) in [4.78, 5) is 12.7. The van der Waals surface area contributed by atoms with Crippen molar-refractivity contribution in [3.8, 4) is 11.5 Å². The highest BCUT2D eigenvalue weighted by Gasteiger charge is 2.29. The Morgan fingerprint density at radius 2 is 1.65 bits per heavy atom. The number of rotatable bonds is 8. The highest BCUT2D eigenvalue weighted by Crippen LogP contribution is 2.32. The van der Waals surface area contributed by atoms with Gasteiger partial charge in [-0.3, -0.25) is 9.10 Å². The maximum Gasteiger partial charge on any atom is 0.264 e. The first kappa shape index (κ1) is 24.2. The topological polar surface area (TPSA) is 97.3 Å². The van der Waals surface area contributed by atoms with Gasteiger partial charge in [0.2, 0.25) is 0 Å². The van der Waals surface area contributed by atoms with Crippen LogP contribution in [0.15, 0.2) is 58.5 Å². The number of hydrogen-bond donors (Lipinski definition) is 1. The number of amides is 1. The largest absolute Gasteiger partial charge is 0.497 e. The van der Waals surface area contributed by atoms with Gasteiger partial charge in [0.15, 0.2) is 0 Å². The van der Waals surface area contributed by atoms with Crippen LogP contribution in [0.2, 0.25) is 0 Å². The maximum atomic E-state index is 13.4. The van der Waals surface area contributed by atoms with Gasteiger partial charge in [0.05, 0.1) is 24.8 Å². The summed E-state index contributed by atoms with van der Waals surface area (Å²) < 4.78 is 38.3. The van der Waals surface area contributed by atoms with E-state index in [0.717, 1.165) is 4.31 Å². The molecule has 9 heteroatoms. The van der Waals surface area contributed by atoms with Crippen molar-refractivity contribution < 1.29 is 22.7 Å². The number of methoxy groups -OCH3 is 2. The van der Waals surface area contributed by atoms with Crippen molar-refractivity contribution in [3.63, 3.8) is 0 Å². The Morgan fingerprint density at radius 3 is 2.19 bits per heavy atom. The lowest BCUT2D eigenvalue weighted by Crippen LogP contribution is -2.40. The molecule has 0 atom stereocenters. The fourth-order valence-electron chi connectivity index (χ4n) is 2.49. The quantitative estimate of drug-likeness (QED) is 0.494. The van der Waals surface area contributed by atoms with Gasteiger partial charge < -0.3 is 9.47 Å². The number of para-hydroxylation sites is 2. The fraction of sp³-hybridized carbons (Fsp3) is 0.364. The minimum Gasteiger partial charge on any atom is -0.497 e. The van der Waals surface area contributed by atoms with Crippen LogP contribution in [0.3, 0.4) is 0 Å². The minimum atomic E-state index is -4.09. The molecule has 168 valence electrons. The Morgan fingerprint density at radius 1 is 1.03 bits per heavy atom. The lowest BCUT2D eigenvalue weighted by Gasteiger charge is -2.25. The molecule has 0 fully saturated rings. The van der Waals surface area contributed by atoms with E-state index in [9.17, 15) is 13.2 Å². The molecule has 0 aliphatic carbocycles. The van der Waals surface area contributed by atoms with Crippen molar-refractivity contribution in [1.29, 1.82) is 0 Å². The summed E-state index contributed by atoms with van der Waals surface area (Å²) in [7, 11) is -1.15. The number of benzene rings is 2. The Balaban J connectivity index is 2.45. The number of hydrogen-bond acceptors (Lipinski definition) is 6. The second-order valence-corrected chi connectivity index (χ2v) is 9.70. The van der Waals surface area contributed by atoms with Gasteiger partial charge in [-0.2, -0.15) is 5.10 Å². The predicted octanol–water partition coefficient (Wildman–Crippen LogP) is 3.44. The molecule has 1 N–H and O–H groups in total. The van der Waals surface area contributed by atoms with Crippen molar-refractivity contribution in [2.75, 3.05) is 25.1 Å². The van der Waals surface area contributed by atoms with Crippen LogP contribution in [0.25, 0.3) is 0 Å². The van der Waals surface area contributed by atoms with Crippen molar-refractivity contribution in [2.24, 2.45) is 10.5 Å². The first-order valence-corrected chi connectivity index (χ1v) is 11.1. The summed E-state index contributed by atoms with van der Waals surface area (Å²) in [6.45, 7) is 7.22. The molecule has 0 spiro atoms. The van der Waals surface area contributed by atoms with E-state index in [-0.39, 0.29) is 16.0 Å². The molecule has 2 aromatic carbocycles. The second-order valence-electron chi connectivity index (χ2n) is 7.84. The van der Waals surface area contributed by atoms with Gasteiger partial charge in [0.1, 0.15) is 18.0 Å². The van der Waals surface area contributed by atoms with E-state index < -0.39 is 22.5 Å². The summed E-state index contributed by atoms with van der Waals surface area (Å²) >= 11 is 0. The predicted molar refractivity (Wildman–Crippen MR) is 121 cm³/mol. The zero-order chi connectivity index (χ0) is 23.2. The second kappa shape index (κ2) is 9.82. The van der Waals surface area contributed by atoms with Crippen molar-refractivity contribution >= 4 is 27.3 Å². The fourth-order valence-corrected chi connectivity index (χ4v) is 3.92. The molecule has 0 aliphatic rings. The Hall–Kier alpha value is -3.07. The number of anilines is 1. The van der Waals surface area contributed by atoms with Crippen LogP contribution >= 0.6 is 0 Å². The number of nitrogens with zero attached hydrogens (tertiary/aromatic N) is 2. The van der Waals surface area contributed by atoms with E-state index in [1.807, 2.05) is 20.8 Å². The molecule has 0 aliphatic heterocycles. The number of hydrazone groups is 1. The van der Waals surface area contributed by atoms with E-state index in [2.05, 4.69) is 10.5 Å². The summed E-state index contributed by atoms with van der Waals surface area (Å²) in [5, 5.41) is 4.11. The highest BCUT2D eigenvalue weighted by molar-refractivity contribution is 7.92. The number of sulfonamides is 1. The van der Waals surface area contributed by atoms with Gasteiger partial charge in [-0.1, -0.05) is 32.9 Å². The van der Waals surface area contributed by atoms with E-state index in [1.54, 1.807) is 43.3 Å². The monoisotopic (exact) mass is 447 g/mol. The number of carbonyl (C=O) groups is 1. The molecule has 1 amide bonds. The molecule has 0 saturated heterocycles. The molecule has 0 heterocycles. The number of carbonyl (C=O) groups excluding carboxylic acids is 1. The van der Waals surface area contributed by atoms with Gasteiger partial charge in [-0.25, -0.2) is 13.8 Å². The zero-order valence-electron chi connectivity index (χ0n) is 18.7. The van der Waals surface area contributed by atoms with Crippen LogP contribution in [0, 0.1) is 5.41 Å². The van der Waals surface area contributed by atoms with E-state index in [4.69, 9.17) is 9.47 Å². The summed E-state index contributed by atoms with van der Waals surface area (Å²) in [5.41, 5.74) is 3.17. The van der Waals surface area contributed by atoms with Crippen LogP contribution in [0.4, 0.5) is 5.69 Å².